The Labute approximate surface area is 244 Å². The normalized spacial score (nSPS) is 13.9. The van der Waals surface area contributed by atoms with Crippen molar-refractivity contribution >= 4 is 29.5 Å². The van der Waals surface area contributed by atoms with Crippen LogP contribution in [0.1, 0.15) is 34.2 Å². The summed E-state index contributed by atoms with van der Waals surface area (Å²) in [5, 5.41) is 19.9. The number of nitrogens with one attached hydrogen (secondary N) is 1. The molecule has 0 saturated carbocycles. The topological polar surface area (TPSA) is 168 Å². The molecule has 42 heavy (non-hydrogen) atoms. The van der Waals surface area contributed by atoms with Gasteiger partial charge in [-0.25, -0.2) is 14.4 Å². The van der Waals surface area contributed by atoms with Gasteiger partial charge in [0.1, 0.15) is 18.1 Å². The Morgan fingerprint density at radius 2 is 2.05 bits per heavy atom. The number of hydrogen-bond acceptors (Lipinski definition) is 12. The predicted octanol–water partition coefficient (Wildman–Crippen LogP) is 2.60. The summed E-state index contributed by atoms with van der Waals surface area (Å²) in [6.45, 7) is 4.94. The third-order valence-electron chi connectivity index (χ3n) is 6.21. The van der Waals surface area contributed by atoms with E-state index in [0.29, 0.717) is 62.2 Å². The van der Waals surface area contributed by atoms with Crippen LogP contribution in [-0.2, 0) is 17.9 Å². The molecule has 3 N–H and O–H groups in total. The monoisotopic (exact) mass is 599 g/mol. The van der Waals surface area contributed by atoms with E-state index in [1.807, 2.05) is 6.92 Å². The number of nitrogens with two attached hydrogens (primary N) is 1. The van der Waals surface area contributed by atoms with Crippen molar-refractivity contribution in [2.45, 2.75) is 20.1 Å². The van der Waals surface area contributed by atoms with Crippen molar-refractivity contribution in [3.05, 3.63) is 69.8 Å². The summed E-state index contributed by atoms with van der Waals surface area (Å²) in [5.74, 6) is -0.305. The van der Waals surface area contributed by atoms with Crippen LogP contribution in [0.5, 0.6) is 11.5 Å². The summed E-state index contributed by atoms with van der Waals surface area (Å²) in [5.41, 5.74) is 9.64. The Bertz CT molecular complexity index is 1550. The summed E-state index contributed by atoms with van der Waals surface area (Å²) in [6, 6.07) is 9.46. The molecule has 5 rings (SSSR count). The Kier molecular flexibility index (Phi) is 9.21. The highest BCUT2D eigenvalue weighted by atomic mass is 35.5. The summed E-state index contributed by atoms with van der Waals surface area (Å²) in [4.78, 5) is 15.4. The lowest BCUT2D eigenvalue weighted by atomic mass is 10.2. The van der Waals surface area contributed by atoms with E-state index in [9.17, 15) is 9.18 Å². The largest absolute Gasteiger partial charge is 0.490 e. The molecule has 3 heterocycles. The highest BCUT2D eigenvalue weighted by Gasteiger charge is 2.26. The first-order valence-electron chi connectivity index (χ1n) is 12.9. The van der Waals surface area contributed by atoms with E-state index < -0.39 is 11.7 Å². The van der Waals surface area contributed by atoms with Crippen molar-refractivity contribution in [3.63, 3.8) is 0 Å². The summed E-state index contributed by atoms with van der Waals surface area (Å²) < 4.78 is 36.9. The number of rotatable bonds is 11. The Morgan fingerprint density at radius 3 is 2.79 bits per heavy atom. The molecule has 2 aromatic carbocycles. The third-order valence-corrected chi connectivity index (χ3v) is 6.56. The molecule has 0 atom stereocenters. The molecular weight excluding hydrogens is 573 g/mol. The average Bonchev–Trinajstić information content (AvgIpc) is 3.60. The van der Waals surface area contributed by atoms with Crippen LogP contribution in [0.2, 0.25) is 5.02 Å². The molecule has 4 aromatic rings. The van der Waals surface area contributed by atoms with Crippen molar-refractivity contribution in [3.8, 4) is 17.3 Å². The molecule has 14 nitrogen and oxygen atoms in total. The number of halogens is 2. The molecule has 1 fully saturated rings. The van der Waals surface area contributed by atoms with E-state index in [1.165, 1.54) is 18.3 Å². The second-order valence-corrected chi connectivity index (χ2v) is 9.39. The van der Waals surface area contributed by atoms with E-state index in [-0.39, 0.29) is 34.5 Å². The molecule has 0 spiro atoms. The van der Waals surface area contributed by atoms with Crippen LogP contribution >= 0.6 is 11.6 Å². The van der Waals surface area contributed by atoms with Crippen LogP contribution in [-0.4, -0.2) is 75.2 Å². The lowest BCUT2D eigenvalue weighted by molar-refractivity contribution is 0.0335. The average molecular weight is 600 g/mol. The van der Waals surface area contributed by atoms with Gasteiger partial charge in [-0.1, -0.05) is 22.9 Å². The van der Waals surface area contributed by atoms with Crippen LogP contribution in [0, 0.1) is 5.82 Å². The van der Waals surface area contributed by atoms with Crippen LogP contribution < -0.4 is 20.6 Å². The first kappa shape index (κ1) is 28.9. The Hall–Kier alpha value is -4.60. The maximum atomic E-state index is 14.2. The SMILES string of the molecule is CCOc1cc(/C=N/NC(=O)c2c(CN3CCOCC3)nnn2-c2nonc2N)ccc1OCc1c(F)cccc1Cl. The highest BCUT2D eigenvalue weighted by molar-refractivity contribution is 6.31. The van der Waals surface area contributed by atoms with Crippen molar-refractivity contribution < 1.29 is 28.0 Å². The first-order valence-corrected chi connectivity index (χ1v) is 13.3. The number of ether oxygens (including phenoxy) is 3. The second kappa shape index (κ2) is 13.4. The van der Waals surface area contributed by atoms with Gasteiger partial charge in [-0.15, -0.1) is 5.10 Å². The zero-order valence-corrected chi connectivity index (χ0v) is 23.3. The summed E-state index contributed by atoms with van der Waals surface area (Å²) in [7, 11) is 0. The van der Waals surface area contributed by atoms with Crippen LogP contribution in [0.25, 0.3) is 5.82 Å². The van der Waals surface area contributed by atoms with Gasteiger partial charge in [-0.3, -0.25) is 9.69 Å². The minimum Gasteiger partial charge on any atom is -0.490 e. The lowest BCUT2D eigenvalue weighted by Crippen LogP contribution is -2.36. The summed E-state index contributed by atoms with van der Waals surface area (Å²) in [6.07, 6.45) is 1.43. The number of anilines is 1. The van der Waals surface area contributed by atoms with Crippen molar-refractivity contribution in [1.29, 1.82) is 0 Å². The number of carbonyl (C=O) groups excluding carboxylic acids is 1. The number of nitrogens with zero attached hydrogens (tertiary/aromatic N) is 7. The number of aromatic nitrogens is 5. The summed E-state index contributed by atoms with van der Waals surface area (Å²) >= 11 is 6.11. The van der Waals surface area contributed by atoms with Crippen molar-refractivity contribution in [2.24, 2.45) is 5.10 Å². The van der Waals surface area contributed by atoms with Gasteiger partial charge >= 0.3 is 0 Å². The molecule has 220 valence electrons. The molecule has 2 aromatic heterocycles. The molecule has 0 bridgehead atoms. The zero-order valence-electron chi connectivity index (χ0n) is 22.5. The fourth-order valence-electron chi connectivity index (χ4n) is 4.13. The fraction of sp³-hybridized carbons (Fsp3) is 0.308. The molecule has 1 amide bonds. The Balaban J connectivity index is 1.32. The van der Waals surface area contributed by atoms with Crippen molar-refractivity contribution in [2.75, 3.05) is 38.6 Å². The minimum absolute atomic E-state index is 0.0264. The van der Waals surface area contributed by atoms with Gasteiger partial charge in [-0.05, 0) is 53.1 Å². The predicted molar refractivity (Wildman–Crippen MR) is 148 cm³/mol. The zero-order chi connectivity index (χ0) is 29.5. The van der Waals surface area contributed by atoms with E-state index in [0.717, 1.165) is 4.68 Å². The molecule has 16 heteroatoms. The first-order chi connectivity index (χ1) is 20.4. The molecule has 1 aliphatic heterocycles. The maximum absolute atomic E-state index is 14.2. The number of hydrazone groups is 1. The maximum Gasteiger partial charge on any atom is 0.292 e. The number of amides is 1. The molecule has 0 aliphatic carbocycles. The van der Waals surface area contributed by atoms with Gasteiger partial charge in [-0.2, -0.15) is 9.78 Å². The molecule has 0 radical (unpaired) electrons. The standard InChI is InChI=1S/C26H27ClFN9O5/c1-2-40-22-12-16(6-7-21(22)41-15-17-18(27)4-3-5-19(17)28)13-30-32-26(38)23-20(14-36-8-10-39-11-9-36)31-35-37(23)25-24(29)33-42-34-25/h3-7,12-13H,2,8-11,14-15H2,1H3,(H2,29,33)(H,32,38)/b30-13+. The molecule has 0 unspecified atom stereocenters. The Morgan fingerprint density at radius 1 is 1.21 bits per heavy atom. The number of carbonyl (C=O) groups is 1. The van der Waals surface area contributed by atoms with Gasteiger partial charge in [0, 0.05) is 25.2 Å². The number of hydrogen-bond donors (Lipinski definition) is 2. The molecule has 1 saturated heterocycles. The van der Waals surface area contributed by atoms with E-state index in [2.05, 4.69) is 40.7 Å². The van der Waals surface area contributed by atoms with Gasteiger partial charge in [0.25, 0.3) is 5.91 Å². The van der Waals surface area contributed by atoms with E-state index in [4.69, 9.17) is 31.5 Å². The van der Waals surface area contributed by atoms with Crippen LogP contribution in [0.15, 0.2) is 46.1 Å². The molecular formula is C26H27ClFN9O5. The van der Waals surface area contributed by atoms with Crippen molar-refractivity contribution in [1.82, 2.24) is 35.6 Å². The van der Waals surface area contributed by atoms with Gasteiger partial charge in [0.2, 0.25) is 11.6 Å². The number of nitrogen functional groups attached to an aromatic ring is 1. The quantitative estimate of drug-likeness (QED) is 0.192. The fourth-order valence-corrected chi connectivity index (χ4v) is 4.35. The minimum atomic E-state index is -0.603. The second-order valence-electron chi connectivity index (χ2n) is 8.99. The number of benzene rings is 2. The smallest absolute Gasteiger partial charge is 0.292 e. The molecule has 1 aliphatic rings. The lowest BCUT2D eigenvalue weighted by Gasteiger charge is -2.25. The van der Waals surface area contributed by atoms with Gasteiger partial charge in [0.15, 0.2) is 17.2 Å². The highest BCUT2D eigenvalue weighted by Crippen LogP contribution is 2.30. The van der Waals surface area contributed by atoms with Crippen LogP contribution in [0.4, 0.5) is 10.2 Å². The van der Waals surface area contributed by atoms with E-state index in [1.54, 1.807) is 24.3 Å². The van der Waals surface area contributed by atoms with E-state index >= 15 is 0 Å². The van der Waals surface area contributed by atoms with Gasteiger partial charge in [0.05, 0.1) is 31.1 Å². The van der Waals surface area contributed by atoms with Crippen LogP contribution in [0.3, 0.4) is 0 Å². The third kappa shape index (κ3) is 6.64. The number of morpholine rings is 1. The van der Waals surface area contributed by atoms with Gasteiger partial charge < -0.3 is 19.9 Å².